The molecule has 0 aromatic heterocycles. The molecule has 0 aliphatic heterocycles. The Morgan fingerprint density at radius 3 is 2.32 bits per heavy atom. The van der Waals surface area contributed by atoms with E-state index in [0.29, 0.717) is 18.5 Å². The molecule has 2 aromatic carbocycles. The molecule has 0 saturated heterocycles. The zero-order chi connectivity index (χ0) is 17.9. The minimum atomic E-state index is -0.0931. The van der Waals surface area contributed by atoms with E-state index in [4.69, 9.17) is 0 Å². The molecular formula is C22H23NO2. The van der Waals surface area contributed by atoms with Gasteiger partial charge in [0.2, 0.25) is 0 Å². The topological polar surface area (TPSA) is 46.2 Å². The predicted molar refractivity (Wildman–Crippen MR) is 100 cm³/mol. The van der Waals surface area contributed by atoms with Crippen LogP contribution in [0.4, 0.5) is 0 Å². The second-order valence-electron chi connectivity index (χ2n) is 7.40. The van der Waals surface area contributed by atoms with E-state index in [-0.39, 0.29) is 17.1 Å². The molecule has 25 heavy (non-hydrogen) atoms. The number of nitrogens with one attached hydrogen (secondary N) is 1. The Kier molecular flexibility index (Phi) is 4.84. The SMILES string of the molecule is CC1(C)CC(=O)C=C(c2ccc(C(=O)NCc3ccccc3)cc2)C1. The second-order valence-corrected chi connectivity index (χ2v) is 7.40. The highest BCUT2D eigenvalue weighted by Crippen LogP contribution is 2.37. The highest BCUT2D eigenvalue weighted by Gasteiger charge is 2.27. The van der Waals surface area contributed by atoms with Gasteiger partial charge >= 0.3 is 0 Å². The number of ketones is 1. The number of amides is 1. The molecule has 3 nitrogen and oxygen atoms in total. The van der Waals surface area contributed by atoms with Crippen molar-refractivity contribution in [2.45, 2.75) is 33.2 Å². The van der Waals surface area contributed by atoms with Crippen molar-refractivity contribution in [3.05, 3.63) is 77.4 Å². The molecule has 128 valence electrons. The van der Waals surface area contributed by atoms with E-state index in [2.05, 4.69) is 19.2 Å². The summed E-state index contributed by atoms with van der Waals surface area (Å²) in [6.07, 6.45) is 3.21. The van der Waals surface area contributed by atoms with Crippen LogP contribution in [0.2, 0.25) is 0 Å². The van der Waals surface area contributed by atoms with Crippen LogP contribution in [0.25, 0.3) is 5.57 Å². The molecule has 0 heterocycles. The van der Waals surface area contributed by atoms with Gasteiger partial charge in [0.25, 0.3) is 5.91 Å². The van der Waals surface area contributed by atoms with Crippen LogP contribution in [0.15, 0.2) is 60.7 Å². The Balaban J connectivity index is 1.68. The first-order valence-corrected chi connectivity index (χ1v) is 8.59. The zero-order valence-electron chi connectivity index (χ0n) is 14.7. The Hall–Kier alpha value is -2.68. The molecule has 0 spiro atoms. The highest BCUT2D eigenvalue weighted by atomic mass is 16.1. The van der Waals surface area contributed by atoms with Crippen LogP contribution in [-0.2, 0) is 11.3 Å². The Morgan fingerprint density at radius 1 is 1.00 bits per heavy atom. The van der Waals surface area contributed by atoms with E-state index in [1.807, 2.05) is 54.6 Å². The van der Waals surface area contributed by atoms with Gasteiger partial charge < -0.3 is 5.32 Å². The maximum absolute atomic E-state index is 12.3. The van der Waals surface area contributed by atoms with Crippen LogP contribution < -0.4 is 5.32 Å². The average molecular weight is 333 g/mol. The lowest BCUT2D eigenvalue weighted by Crippen LogP contribution is -2.23. The van der Waals surface area contributed by atoms with Crippen molar-refractivity contribution in [3.63, 3.8) is 0 Å². The molecule has 3 rings (SSSR count). The van der Waals surface area contributed by atoms with Gasteiger partial charge in [0.15, 0.2) is 5.78 Å². The van der Waals surface area contributed by atoms with Gasteiger partial charge in [0.05, 0.1) is 0 Å². The maximum Gasteiger partial charge on any atom is 0.251 e. The van der Waals surface area contributed by atoms with Crippen LogP contribution in [0, 0.1) is 5.41 Å². The third-order valence-corrected chi connectivity index (χ3v) is 4.47. The van der Waals surface area contributed by atoms with Crippen molar-refractivity contribution in [1.82, 2.24) is 5.32 Å². The lowest BCUT2D eigenvalue weighted by molar-refractivity contribution is -0.116. The van der Waals surface area contributed by atoms with Crippen LogP contribution >= 0.6 is 0 Å². The van der Waals surface area contributed by atoms with Gasteiger partial charge in [0, 0.05) is 18.5 Å². The summed E-state index contributed by atoms with van der Waals surface area (Å²) in [6.45, 7) is 4.74. The second kappa shape index (κ2) is 7.06. The van der Waals surface area contributed by atoms with Crippen LogP contribution in [0.5, 0.6) is 0 Å². The molecule has 2 aromatic rings. The summed E-state index contributed by atoms with van der Waals surface area (Å²) in [5, 5.41) is 2.93. The van der Waals surface area contributed by atoms with E-state index in [1.54, 1.807) is 6.08 Å². The average Bonchev–Trinajstić information content (AvgIpc) is 2.59. The predicted octanol–water partition coefficient (Wildman–Crippen LogP) is 4.39. The Morgan fingerprint density at radius 2 is 1.68 bits per heavy atom. The van der Waals surface area contributed by atoms with Crippen LogP contribution in [0.3, 0.4) is 0 Å². The summed E-state index contributed by atoms with van der Waals surface area (Å²) < 4.78 is 0. The first kappa shape index (κ1) is 17.2. The molecule has 3 heteroatoms. The standard InChI is InChI=1S/C22H23NO2/c1-22(2)13-19(12-20(24)14-22)17-8-10-18(11-9-17)21(25)23-15-16-6-4-3-5-7-16/h3-12H,13-15H2,1-2H3,(H,23,25). The fraction of sp³-hybridized carbons (Fsp3) is 0.273. The molecule has 0 saturated carbocycles. The molecule has 0 atom stereocenters. The summed E-state index contributed by atoms with van der Waals surface area (Å²) >= 11 is 0. The van der Waals surface area contributed by atoms with Crippen LogP contribution in [0.1, 0.15) is 48.2 Å². The lowest BCUT2D eigenvalue weighted by Gasteiger charge is -2.29. The van der Waals surface area contributed by atoms with Crippen molar-refractivity contribution in [2.24, 2.45) is 5.41 Å². The fourth-order valence-electron chi connectivity index (χ4n) is 3.25. The zero-order valence-corrected chi connectivity index (χ0v) is 14.7. The summed E-state index contributed by atoms with van der Waals surface area (Å²) in [4.78, 5) is 24.2. The van der Waals surface area contributed by atoms with E-state index in [9.17, 15) is 9.59 Å². The van der Waals surface area contributed by atoms with Crippen molar-refractivity contribution in [3.8, 4) is 0 Å². The molecule has 0 bridgehead atoms. The molecule has 1 N–H and O–H groups in total. The third-order valence-electron chi connectivity index (χ3n) is 4.47. The first-order chi connectivity index (χ1) is 11.9. The van der Waals surface area contributed by atoms with Crippen molar-refractivity contribution in [1.29, 1.82) is 0 Å². The third kappa shape index (κ3) is 4.44. The summed E-state index contributed by atoms with van der Waals surface area (Å²) in [5.41, 5.74) is 3.76. The Bertz CT molecular complexity index is 802. The number of allylic oxidation sites excluding steroid dienone is 2. The fourth-order valence-corrected chi connectivity index (χ4v) is 3.25. The summed E-state index contributed by atoms with van der Waals surface area (Å²) in [7, 11) is 0. The largest absolute Gasteiger partial charge is 0.348 e. The van der Waals surface area contributed by atoms with Gasteiger partial charge in [-0.1, -0.05) is 56.3 Å². The Labute approximate surface area is 148 Å². The van der Waals surface area contributed by atoms with E-state index in [0.717, 1.165) is 23.1 Å². The number of hydrogen-bond donors (Lipinski definition) is 1. The minimum absolute atomic E-state index is 0.00705. The van der Waals surface area contributed by atoms with Gasteiger partial charge in [-0.05, 0) is 46.7 Å². The summed E-state index contributed by atoms with van der Waals surface area (Å²) in [5.74, 6) is 0.0837. The normalized spacial score (nSPS) is 16.2. The molecule has 1 amide bonds. The van der Waals surface area contributed by atoms with Gasteiger partial charge in [-0.15, -0.1) is 0 Å². The monoisotopic (exact) mass is 333 g/mol. The lowest BCUT2D eigenvalue weighted by atomic mass is 9.75. The molecular weight excluding hydrogens is 310 g/mol. The minimum Gasteiger partial charge on any atom is -0.348 e. The number of carbonyl (C=O) groups is 2. The number of hydrogen-bond acceptors (Lipinski definition) is 2. The van der Waals surface area contributed by atoms with Crippen LogP contribution in [-0.4, -0.2) is 11.7 Å². The van der Waals surface area contributed by atoms with Gasteiger partial charge in [0.1, 0.15) is 0 Å². The molecule has 1 aliphatic rings. The van der Waals surface area contributed by atoms with E-state index >= 15 is 0 Å². The molecule has 0 radical (unpaired) electrons. The summed E-state index contributed by atoms with van der Waals surface area (Å²) in [6, 6.07) is 17.3. The van der Waals surface area contributed by atoms with Crippen molar-refractivity contribution >= 4 is 17.3 Å². The van der Waals surface area contributed by atoms with Gasteiger partial charge in [-0.3, -0.25) is 9.59 Å². The number of carbonyl (C=O) groups excluding carboxylic acids is 2. The smallest absolute Gasteiger partial charge is 0.251 e. The quantitative estimate of drug-likeness (QED) is 0.902. The molecule has 0 unspecified atom stereocenters. The number of rotatable bonds is 4. The van der Waals surface area contributed by atoms with Crippen molar-refractivity contribution in [2.75, 3.05) is 0 Å². The molecule has 0 fully saturated rings. The van der Waals surface area contributed by atoms with Crippen molar-refractivity contribution < 1.29 is 9.59 Å². The first-order valence-electron chi connectivity index (χ1n) is 8.59. The molecule has 1 aliphatic carbocycles. The van der Waals surface area contributed by atoms with E-state index in [1.165, 1.54) is 0 Å². The highest BCUT2D eigenvalue weighted by molar-refractivity contribution is 5.99. The maximum atomic E-state index is 12.3. The van der Waals surface area contributed by atoms with E-state index < -0.39 is 0 Å². The van der Waals surface area contributed by atoms with Gasteiger partial charge in [-0.2, -0.15) is 0 Å². The number of benzene rings is 2. The van der Waals surface area contributed by atoms with Gasteiger partial charge in [-0.25, -0.2) is 0 Å².